The Kier molecular flexibility index (Phi) is 5.58. The first kappa shape index (κ1) is 20.7. The highest BCUT2D eigenvalue weighted by Gasteiger charge is 2.40. The Hall–Kier alpha value is -2.98. The lowest BCUT2D eigenvalue weighted by Gasteiger charge is -2.18. The van der Waals surface area contributed by atoms with Gasteiger partial charge in [-0.3, -0.25) is 9.63 Å². The van der Waals surface area contributed by atoms with Gasteiger partial charge >= 0.3 is 11.9 Å². The first-order valence-corrected chi connectivity index (χ1v) is 8.93. The van der Waals surface area contributed by atoms with Crippen molar-refractivity contribution in [2.24, 2.45) is 5.41 Å². The van der Waals surface area contributed by atoms with Crippen LogP contribution in [-0.4, -0.2) is 58.7 Å². The number of carbonyl (C=O) groups is 3. The molecule has 0 bridgehead atoms. The van der Waals surface area contributed by atoms with E-state index >= 15 is 0 Å². The highest BCUT2D eigenvalue weighted by Crippen LogP contribution is 2.30. The Labute approximate surface area is 171 Å². The molecule has 1 aromatic carbocycles. The molecule has 154 valence electrons. The molecule has 0 unspecified atom stereocenters. The van der Waals surface area contributed by atoms with E-state index < -0.39 is 17.4 Å². The van der Waals surface area contributed by atoms with Gasteiger partial charge in [-0.2, -0.15) is 0 Å². The lowest BCUT2D eigenvalue weighted by atomic mass is 9.95. The number of aromatic nitrogens is 3. The number of hydrogen-bond acceptors (Lipinski definition) is 8. The molecule has 1 amide bonds. The van der Waals surface area contributed by atoms with E-state index in [2.05, 4.69) is 15.0 Å². The molecule has 11 heteroatoms. The van der Waals surface area contributed by atoms with Crippen molar-refractivity contribution in [3.63, 3.8) is 0 Å². The van der Waals surface area contributed by atoms with Crippen molar-refractivity contribution in [3.8, 4) is 5.69 Å². The summed E-state index contributed by atoms with van der Waals surface area (Å²) in [6.07, 6.45) is 0. The highest BCUT2D eigenvalue weighted by molar-refractivity contribution is 6.31. The fourth-order valence-electron chi connectivity index (χ4n) is 2.76. The first-order valence-electron chi connectivity index (χ1n) is 8.55. The van der Waals surface area contributed by atoms with Gasteiger partial charge < -0.3 is 9.47 Å². The molecule has 29 heavy (non-hydrogen) atoms. The Morgan fingerprint density at radius 2 is 1.93 bits per heavy atom. The molecule has 2 aromatic rings. The van der Waals surface area contributed by atoms with Crippen LogP contribution in [0.15, 0.2) is 18.2 Å². The lowest BCUT2D eigenvalue weighted by Crippen LogP contribution is -2.30. The van der Waals surface area contributed by atoms with E-state index in [1.54, 1.807) is 32.0 Å². The minimum absolute atomic E-state index is 0.0983. The molecule has 0 spiro atoms. The van der Waals surface area contributed by atoms with Crippen LogP contribution in [0, 0.1) is 5.41 Å². The molecule has 1 aliphatic heterocycles. The molecule has 1 aliphatic rings. The molecular weight excluding hydrogens is 404 g/mol. The summed E-state index contributed by atoms with van der Waals surface area (Å²) in [5.74, 6) is -1.81. The second kappa shape index (κ2) is 7.80. The molecule has 0 radical (unpaired) electrons. The van der Waals surface area contributed by atoms with E-state index in [1.807, 2.05) is 0 Å². The van der Waals surface area contributed by atoms with Crippen molar-refractivity contribution in [2.45, 2.75) is 20.4 Å². The van der Waals surface area contributed by atoms with Crippen molar-refractivity contribution in [1.82, 2.24) is 20.1 Å². The summed E-state index contributed by atoms with van der Waals surface area (Å²) in [5.41, 5.74) is -0.152. The monoisotopic (exact) mass is 422 g/mol. The van der Waals surface area contributed by atoms with E-state index in [1.165, 1.54) is 12.2 Å². The maximum Gasteiger partial charge on any atom is 0.361 e. The molecule has 1 aromatic heterocycles. The summed E-state index contributed by atoms with van der Waals surface area (Å²) in [6, 6.07) is 4.79. The van der Waals surface area contributed by atoms with Crippen LogP contribution >= 0.6 is 11.6 Å². The zero-order valence-corrected chi connectivity index (χ0v) is 17.0. The summed E-state index contributed by atoms with van der Waals surface area (Å²) in [7, 11) is 2.34. The van der Waals surface area contributed by atoms with Crippen LogP contribution in [0.25, 0.3) is 5.69 Å². The number of rotatable bonds is 5. The SMILES string of the molecule is COC(=O)c1nnn(-c2ccc(Cl)c(CN3OCC(C)(C)C3=O)c2)c1C(=O)OC. The third-order valence-electron chi connectivity index (χ3n) is 4.40. The van der Waals surface area contributed by atoms with Crippen LogP contribution in [0.3, 0.4) is 0 Å². The summed E-state index contributed by atoms with van der Waals surface area (Å²) >= 11 is 6.28. The van der Waals surface area contributed by atoms with Crippen LogP contribution in [-0.2, 0) is 25.7 Å². The number of ether oxygens (including phenoxy) is 2. The van der Waals surface area contributed by atoms with Gasteiger partial charge in [0.15, 0.2) is 5.69 Å². The van der Waals surface area contributed by atoms with Gasteiger partial charge in [-0.1, -0.05) is 16.8 Å². The van der Waals surface area contributed by atoms with Crippen molar-refractivity contribution in [3.05, 3.63) is 40.2 Å². The standard InChI is InChI=1S/C18H19ClN4O6/c1-18(2)9-29-22(17(18)26)8-10-7-11(5-6-12(10)19)23-14(16(25)28-4)13(20-21-23)15(24)27-3/h5-7H,8-9H2,1-4H3. The predicted octanol–water partition coefficient (Wildman–Crippen LogP) is 1.79. The number of carbonyl (C=O) groups excluding carboxylic acids is 3. The molecule has 0 saturated carbocycles. The zero-order chi connectivity index (χ0) is 21.3. The van der Waals surface area contributed by atoms with Crippen LogP contribution in [0.4, 0.5) is 0 Å². The summed E-state index contributed by atoms with van der Waals surface area (Å²) in [4.78, 5) is 42.0. The Morgan fingerprint density at radius 1 is 1.24 bits per heavy atom. The minimum Gasteiger partial charge on any atom is -0.464 e. The van der Waals surface area contributed by atoms with E-state index in [0.29, 0.717) is 16.3 Å². The number of hydrogen-bond donors (Lipinski definition) is 0. The van der Waals surface area contributed by atoms with Gasteiger partial charge in [0, 0.05) is 5.02 Å². The first-order chi connectivity index (χ1) is 13.7. The maximum atomic E-state index is 12.4. The van der Waals surface area contributed by atoms with Gasteiger partial charge in [-0.25, -0.2) is 19.3 Å². The van der Waals surface area contributed by atoms with E-state index in [4.69, 9.17) is 21.2 Å². The van der Waals surface area contributed by atoms with Gasteiger partial charge in [-0.05, 0) is 37.6 Å². The second-order valence-corrected chi connectivity index (χ2v) is 7.36. The third-order valence-corrected chi connectivity index (χ3v) is 4.77. The molecule has 1 fully saturated rings. The number of halogens is 1. The second-order valence-electron chi connectivity index (χ2n) is 6.96. The molecule has 0 aliphatic carbocycles. The summed E-state index contributed by atoms with van der Waals surface area (Å²) in [6.45, 7) is 3.95. The minimum atomic E-state index is -0.830. The Bertz CT molecular complexity index is 987. The van der Waals surface area contributed by atoms with E-state index in [9.17, 15) is 14.4 Å². The quantitative estimate of drug-likeness (QED) is 0.670. The molecule has 3 rings (SSSR count). The number of esters is 2. The predicted molar refractivity (Wildman–Crippen MR) is 99.3 cm³/mol. The largest absolute Gasteiger partial charge is 0.464 e. The average Bonchev–Trinajstić information content (AvgIpc) is 3.25. The van der Waals surface area contributed by atoms with Crippen LogP contribution in [0.5, 0.6) is 0 Å². The van der Waals surface area contributed by atoms with Crippen LogP contribution in [0.1, 0.15) is 40.4 Å². The fourth-order valence-corrected chi connectivity index (χ4v) is 2.94. The molecule has 1 saturated heterocycles. The molecule has 2 heterocycles. The van der Waals surface area contributed by atoms with Gasteiger partial charge in [0.2, 0.25) is 5.69 Å². The van der Waals surface area contributed by atoms with Crippen molar-refractivity contribution < 1.29 is 28.7 Å². The fraction of sp³-hybridized carbons (Fsp3) is 0.389. The number of hydroxylamine groups is 2. The Morgan fingerprint density at radius 3 is 2.52 bits per heavy atom. The topological polar surface area (TPSA) is 113 Å². The van der Waals surface area contributed by atoms with Gasteiger partial charge in [0.25, 0.3) is 5.91 Å². The van der Waals surface area contributed by atoms with Crippen molar-refractivity contribution in [2.75, 3.05) is 20.8 Å². The highest BCUT2D eigenvalue weighted by atomic mass is 35.5. The molecular formula is C18H19ClN4O6. The normalized spacial score (nSPS) is 15.5. The van der Waals surface area contributed by atoms with Crippen LogP contribution < -0.4 is 0 Å². The van der Waals surface area contributed by atoms with Crippen LogP contribution in [0.2, 0.25) is 5.02 Å². The van der Waals surface area contributed by atoms with Gasteiger partial charge in [-0.15, -0.1) is 5.10 Å². The number of benzene rings is 1. The van der Waals surface area contributed by atoms with Crippen molar-refractivity contribution >= 4 is 29.4 Å². The summed E-state index contributed by atoms with van der Waals surface area (Å²) < 4.78 is 10.5. The van der Waals surface area contributed by atoms with E-state index in [-0.39, 0.29) is 30.4 Å². The van der Waals surface area contributed by atoms with E-state index in [0.717, 1.165) is 11.8 Å². The van der Waals surface area contributed by atoms with Gasteiger partial charge in [0.05, 0.1) is 38.5 Å². The molecule has 0 atom stereocenters. The number of nitrogens with zero attached hydrogens (tertiary/aromatic N) is 4. The van der Waals surface area contributed by atoms with Crippen molar-refractivity contribution in [1.29, 1.82) is 0 Å². The lowest BCUT2D eigenvalue weighted by molar-refractivity contribution is -0.165. The smallest absolute Gasteiger partial charge is 0.361 e. The Balaban J connectivity index is 2.00. The zero-order valence-electron chi connectivity index (χ0n) is 16.3. The number of methoxy groups -OCH3 is 2. The molecule has 0 N–H and O–H groups in total. The van der Waals surface area contributed by atoms with Gasteiger partial charge in [0.1, 0.15) is 0 Å². The average molecular weight is 423 g/mol. The molecule has 10 nitrogen and oxygen atoms in total. The maximum absolute atomic E-state index is 12.4. The number of amides is 1. The summed E-state index contributed by atoms with van der Waals surface area (Å²) in [5, 5.41) is 9.24. The third kappa shape index (κ3) is 3.81.